The average molecular weight is 300 g/mol. The van der Waals surface area contributed by atoms with Gasteiger partial charge >= 0.3 is 5.97 Å². The highest BCUT2D eigenvalue weighted by molar-refractivity contribution is 6.32. The molecule has 0 atom stereocenters. The first-order chi connectivity index (χ1) is 9.56. The van der Waals surface area contributed by atoms with E-state index in [1.165, 1.54) is 0 Å². The van der Waals surface area contributed by atoms with Crippen molar-refractivity contribution >= 4 is 23.5 Å². The number of hydrogen-bond donors (Lipinski definition) is 1. The molecule has 0 saturated heterocycles. The largest absolute Gasteiger partial charge is 0.495 e. The molecule has 0 radical (unpaired) electrons. The monoisotopic (exact) mass is 299 g/mol. The van der Waals surface area contributed by atoms with E-state index >= 15 is 0 Å². The zero-order valence-corrected chi connectivity index (χ0v) is 12.3. The van der Waals surface area contributed by atoms with Crippen LogP contribution in [0.3, 0.4) is 0 Å². The van der Waals surface area contributed by atoms with Crippen LogP contribution in [0, 0.1) is 0 Å². The molecule has 0 aliphatic heterocycles. The van der Waals surface area contributed by atoms with Crippen LogP contribution in [0.4, 0.5) is 0 Å². The third kappa shape index (κ3) is 5.48. The predicted molar refractivity (Wildman–Crippen MR) is 76.0 cm³/mol. The molecule has 0 unspecified atom stereocenters. The van der Waals surface area contributed by atoms with E-state index in [0.717, 1.165) is 5.56 Å². The van der Waals surface area contributed by atoms with E-state index in [-0.39, 0.29) is 18.9 Å². The molecule has 1 aromatic carbocycles. The van der Waals surface area contributed by atoms with Gasteiger partial charge in [-0.05, 0) is 31.0 Å². The van der Waals surface area contributed by atoms with Gasteiger partial charge in [0.1, 0.15) is 12.2 Å². The summed E-state index contributed by atoms with van der Waals surface area (Å²) in [6.45, 7) is 2.41. The number of ether oxygens (including phenoxy) is 2. The highest BCUT2D eigenvalue weighted by Crippen LogP contribution is 2.24. The highest BCUT2D eigenvalue weighted by Gasteiger charge is 2.09. The molecule has 0 bridgehead atoms. The minimum Gasteiger partial charge on any atom is -0.495 e. The molecule has 1 amide bonds. The second kappa shape index (κ2) is 8.43. The van der Waals surface area contributed by atoms with Crippen LogP contribution in [0.25, 0.3) is 0 Å². The summed E-state index contributed by atoms with van der Waals surface area (Å²) in [6, 6.07) is 5.43. The average Bonchev–Trinajstić information content (AvgIpc) is 2.40. The Bertz CT molecular complexity index is 476. The Morgan fingerprint density at radius 1 is 1.35 bits per heavy atom. The summed E-state index contributed by atoms with van der Waals surface area (Å²) in [6.07, 6.45) is 0.375. The minimum atomic E-state index is -0.516. The van der Waals surface area contributed by atoms with Crippen LogP contribution in [0.2, 0.25) is 5.02 Å². The summed E-state index contributed by atoms with van der Waals surface area (Å²) in [5.41, 5.74) is 0.989. The number of halogens is 1. The highest BCUT2D eigenvalue weighted by atomic mass is 35.5. The fourth-order valence-electron chi connectivity index (χ4n) is 1.61. The predicted octanol–water partition coefficient (Wildman–Crippen LogP) is 1.96. The quantitative estimate of drug-likeness (QED) is 0.617. The Hall–Kier alpha value is -1.75. The van der Waals surface area contributed by atoms with Gasteiger partial charge in [-0.15, -0.1) is 0 Å². The standard InChI is InChI=1S/C14H18ClNO4/c1-3-20-14(18)9-13(17)16-7-6-10-4-5-11(15)12(8-10)19-2/h4-5,8H,3,6-7,9H2,1-2H3,(H,16,17). The van der Waals surface area contributed by atoms with Crippen LogP contribution in [0.15, 0.2) is 18.2 Å². The normalized spacial score (nSPS) is 9.95. The van der Waals surface area contributed by atoms with Crippen LogP contribution in [-0.4, -0.2) is 32.1 Å². The summed E-state index contributed by atoms with van der Waals surface area (Å²) in [5.74, 6) is -0.260. The summed E-state index contributed by atoms with van der Waals surface area (Å²) in [4.78, 5) is 22.5. The zero-order chi connectivity index (χ0) is 15.0. The lowest BCUT2D eigenvalue weighted by atomic mass is 10.1. The topological polar surface area (TPSA) is 64.6 Å². The van der Waals surface area contributed by atoms with Crippen molar-refractivity contribution in [3.05, 3.63) is 28.8 Å². The van der Waals surface area contributed by atoms with Crippen molar-refractivity contribution in [2.45, 2.75) is 19.8 Å². The Morgan fingerprint density at radius 3 is 2.75 bits per heavy atom. The van der Waals surface area contributed by atoms with Crippen molar-refractivity contribution in [3.8, 4) is 5.75 Å². The number of benzene rings is 1. The van der Waals surface area contributed by atoms with E-state index in [0.29, 0.717) is 23.7 Å². The molecule has 1 N–H and O–H groups in total. The fraction of sp³-hybridized carbons (Fsp3) is 0.429. The number of rotatable bonds is 7. The minimum absolute atomic E-state index is 0.252. The van der Waals surface area contributed by atoms with E-state index in [2.05, 4.69) is 10.1 Å². The number of carbonyl (C=O) groups excluding carboxylic acids is 2. The first-order valence-electron chi connectivity index (χ1n) is 6.31. The number of hydrogen-bond acceptors (Lipinski definition) is 4. The molecule has 110 valence electrons. The molecule has 0 spiro atoms. The third-order valence-corrected chi connectivity index (χ3v) is 2.87. The summed E-state index contributed by atoms with van der Waals surface area (Å²) >= 11 is 5.92. The van der Waals surface area contributed by atoms with Crippen molar-refractivity contribution in [1.82, 2.24) is 5.32 Å². The maximum atomic E-state index is 11.4. The number of nitrogens with one attached hydrogen (secondary N) is 1. The molecule has 0 aliphatic rings. The van der Waals surface area contributed by atoms with E-state index in [9.17, 15) is 9.59 Å². The lowest BCUT2D eigenvalue weighted by Crippen LogP contribution is -2.28. The lowest BCUT2D eigenvalue weighted by molar-refractivity contribution is -0.145. The molecular formula is C14H18ClNO4. The zero-order valence-electron chi connectivity index (χ0n) is 11.6. The van der Waals surface area contributed by atoms with Crippen LogP contribution < -0.4 is 10.1 Å². The van der Waals surface area contributed by atoms with Gasteiger partial charge in [0.05, 0.1) is 18.7 Å². The third-order valence-electron chi connectivity index (χ3n) is 2.56. The van der Waals surface area contributed by atoms with Gasteiger partial charge in [-0.1, -0.05) is 17.7 Å². The summed E-state index contributed by atoms with van der Waals surface area (Å²) in [7, 11) is 1.55. The first-order valence-corrected chi connectivity index (χ1v) is 6.69. The van der Waals surface area contributed by atoms with Gasteiger partial charge in [-0.3, -0.25) is 9.59 Å². The SMILES string of the molecule is CCOC(=O)CC(=O)NCCc1ccc(Cl)c(OC)c1. The van der Waals surface area contributed by atoms with Crippen molar-refractivity contribution in [2.75, 3.05) is 20.3 Å². The van der Waals surface area contributed by atoms with Crippen molar-refractivity contribution in [3.63, 3.8) is 0 Å². The van der Waals surface area contributed by atoms with E-state index < -0.39 is 5.97 Å². The van der Waals surface area contributed by atoms with Crippen LogP contribution in [0.5, 0.6) is 5.75 Å². The number of carbonyl (C=O) groups is 2. The molecule has 20 heavy (non-hydrogen) atoms. The van der Waals surface area contributed by atoms with Crippen LogP contribution in [-0.2, 0) is 20.7 Å². The summed E-state index contributed by atoms with van der Waals surface area (Å²) in [5, 5.41) is 3.20. The number of esters is 1. The molecule has 0 aliphatic carbocycles. The maximum Gasteiger partial charge on any atom is 0.315 e. The van der Waals surface area contributed by atoms with Crippen molar-refractivity contribution in [2.24, 2.45) is 0 Å². The second-order valence-electron chi connectivity index (χ2n) is 4.05. The number of amides is 1. The Balaban J connectivity index is 2.37. The molecule has 0 saturated carbocycles. The van der Waals surface area contributed by atoms with Crippen LogP contribution >= 0.6 is 11.6 Å². The van der Waals surface area contributed by atoms with Crippen molar-refractivity contribution < 1.29 is 19.1 Å². The van der Waals surface area contributed by atoms with E-state index in [1.807, 2.05) is 12.1 Å². The molecular weight excluding hydrogens is 282 g/mol. The van der Waals surface area contributed by atoms with E-state index in [1.54, 1.807) is 20.1 Å². The Labute approximate surface area is 123 Å². The van der Waals surface area contributed by atoms with Gasteiger partial charge in [-0.2, -0.15) is 0 Å². The second-order valence-corrected chi connectivity index (χ2v) is 4.46. The first kappa shape index (κ1) is 16.3. The fourth-order valence-corrected chi connectivity index (χ4v) is 1.81. The summed E-state index contributed by atoms with van der Waals surface area (Å²) < 4.78 is 9.80. The maximum absolute atomic E-state index is 11.4. The Morgan fingerprint density at radius 2 is 2.10 bits per heavy atom. The molecule has 1 aromatic rings. The van der Waals surface area contributed by atoms with Gasteiger partial charge in [0.25, 0.3) is 0 Å². The molecule has 6 heteroatoms. The van der Waals surface area contributed by atoms with Crippen LogP contribution in [0.1, 0.15) is 18.9 Å². The molecule has 0 fully saturated rings. The molecule has 0 aromatic heterocycles. The van der Waals surface area contributed by atoms with Crippen molar-refractivity contribution in [1.29, 1.82) is 0 Å². The molecule has 5 nitrogen and oxygen atoms in total. The molecule has 0 heterocycles. The van der Waals surface area contributed by atoms with Gasteiger partial charge < -0.3 is 14.8 Å². The van der Waals surface area contributed by atoms with Gasteiger partial charge in [0.15, 0.2) is 0 Å². The van der Waals surface area contributed by atoms with Gasteiger partial charge in [-0.25, -0.2) is 0 Å². The van der Waals surface area contributed by atoms with Gasteiger partial charge in [0, 0.05) is 6.54 Å². The number of methoxy groups -OCH3 is 1. The van der Waals surface area contributed by atoms with E-state index in [4.69, 9.17) is 16.3 Å². The Kier molecular flexibility index (Phi) is 6.87. The molecule has 1 rings (SSSR count). The smallest absolute Gasteiger partial charge is 0.315 e. The van der Waals surface area contributed by atoms with Gasteiger partial charge in [0.2, 0.25) is 5.91 Å². The lowest BCUT2D eigenvalue weighted by Gasteiger charge is -2.08.